The van der Waals surface area contributed by atoms with Gasteiger partial charge in [0.25, 0.3) is 0 Å². The predicted octanol–water partition coefficient (Wildman–Crippen LogP) is 0.648. The number of hydrogen-bond acceptors (Lipinski definition) is 4. The molecule has 1 aliphatic heterocycles. The SMILES string of the molecule is COC(=O)C1=CC(F)=C(C(C)=O)[N+](=O)C1. The number of nitroso groups, excluding NO2 is 1. The number of carbonyl (C=O) groups is 2. The van der Waals surface area contributed by atoms with Crippen LogP contribution in [0.2, 0.25) is 0 Å². The molecule has 0 saturated carbocycles. The molecule has 0 aromatic rings. The normalized spacial score (nSPS) is 16.2. The van der Waals surface area contributed by atoms with Gasteiger partial charge in [-0.1, -0.05) is 0 Å². The first kappa shape index (κ1) is 11.2. The lowest BCUT2D eigenvalue weighted by atomic mass is 10.1. The van der Waals surface area contributed by atoms with Crippen LogP contribution in [0, 0.1) is 4.91 Å². The van der Waals surface area contributed by atoms with Gasteiger partial charge in [0.05, 0.1) is 7.11 Å². The molecule has 0 aromatic carbocycles. The van der Waals surface area contributed by atoms with Gasteiger partial charge in [-0.2, -0.15) is 4.39 Å². The number of rotatable bonds is 2. The number of esters is 1. The van der Waals surface area contributed by atoms with Gasteiger partial charge in [0, 0.05) is 16.6 Å². The lowest BCUT2D eigenvalue weighted by Crippen LogP contribution is -2.25. The summed E-state index contributed by atoms with van der Waals surface area (Å²) in [5.41, 5.74) is -0.683. The Labute approximate surface area is 84.8 Å². The highest BCUT2D eigenvalue weighted by atomic mass is 19.1. The zero-order valence-corrected chi connectivity index (χ0v) is 8.24. The number of hydrogen-bond donors (Lipinski definition) is 0. The summed E-state index contributed by atoms with van der Waals surface area (Å²) in [5.74, 6) is -2.47. The van der Waals surface area contributed by atoms with Crippen LogP contribution in [0.15, 0.2) is 23.2 Å². The molecule has 0 spiro atoms. The molecule has 1 aliphatic rings. The van der Waals surface area contributed by atoms with E-state index in [1.807, 2.05) is 0 Å². The Balaban J connectivity index is 3.14. The van der Waals surface area contributed by atoms with E-state index in [9.17, 15) is 18.9 Å². The number of allylic oxidation sites excluding steroid dienone is 3. The number of ether oxygens (including phenoxy) is 1. The summed E-state index contributed by atoms with van der Waals surface area (Å²) in [6, 6.07) is 0. The second kappa shape index (κ2) is 4.12. The Hall–Kier alpha value is -1.85. The van der Waals surface area contributed by atoms with E-state index in [1.54, 1.807) is 0 Å². The topological polar surface area (TPSA) is 63.5 Å². The molecule has 1 heterocycles. The number of ketones is 1. The Morgan fingerprint density at radius 1 is 1.53 bits per heavy atom. The van der Waals surface area contributed by atoms with Gasteiger partial charge in [-0.05, 0) is 6.08 Å². The van der Waals surface area contributed by atoms with Crippen LogP contribution in [0.3, 0.4) is 0 Å². The van der Waals surface area contributed by atoms with Crippen LogP contribution in [0.1, 0.15) is 6.92 Å². The summed E-state index contributed by atoms with van der Waals surface area (Å²) < 4.78 is 17.7. The van der Waals surface area contributed by atoms with Gasteiger partial charge in [0.15, 0.2) is 0 Å². The first-order valence-electron chi connectivity index (χ1n) is 4.11. The number of methoxy groups -OCH3 is 1. The van der Waals surface area contributed by atoms with Gasteiger partial charge in [-0.15, -0.1) is 0 Å². The average molecular weight is 214 g/mol. The summed E-state index contributed by atoms with van der Waals surface area (Å²) in [7, 11) is 1.13. The van der Waals surface area contributed by atoms with Crippen LogP contribution < -0.4 is 0 Å². The Morgan fingerprint density at radius 3 is 2.53 bits per heavy atom. The molecule has 80 valence electrons. The Morgan fingerprint density at radius 2 is 2.13 bits per heavy atom. The van der Waals surface area contributed by atoms with Crippen molar-refractivity contribution in [2.45, 2.75) is 6.92 Å². The molecule has 0 fully saturated rings. The number of nitrogens with zero attached hydrogens (tertiary/aromatic N) is 1. The second-order valence-electron chi connectivity index (χ2n) is 2.95. The molecule has 0 atom stereocenters. The lowest BCUT2D eigenvalue weighted by Gasteiger charge is -2.05. The van der Waals surface area contributed by atoms with E-state index in [4.69, 9.17) is 0 Å². The van der Waals surface area contributed by atoms with Gasteiger partial charge in [0.1, 0.15) is 5.57 Å². The highest BCUT2D eigenvalue weighted by Crippen LogP contribution is 2.19. The van der Waals surface area contributed by atoms with E-state index >= 15 is 0 Å². The van der Waals surface area contributed by atoms with E-state index in [-0.39, 0.29) is 16.9 Å². The summed E-state index contributed by atoms with van der Waals surface area (Å²) in [4.78, 5) is 33.1. The van der Waals surface area contributed by atoms with Crippen LogP contribution in [0.5, 0.6) is 0 Å². The zero-order valence-electron chi connectivity index (χ0n) is 8.24. The Bertz CT molecular complexity index is 408. The monoisotopic (exact) mass is 214 g/mol. The van der Waals surface area contributed by atoms with Gasteiger partial charge in [-0.3, -0.25) is 4.79 Å². The molecular formula is C9H9FNO4+. The minimum absolute atomic E-state index is 0.116. The maximum Gasteiger partial charge on any atom is 0.340 e. The van der Waals surface area contributed by atoms with E-state index in [0.717, 1.165) is 20.1 Å². The van der Waals surface area contributed by atoms with Crippen molar-refractivity contribution in [3.05, 3.63) is 28.1 Å². The quantitative estimate of drug-likeness (QED) is 0.500. The first-order chi connectivity index (χ1) is 6.97. The molecule has 0 unspecified atom stereocenters. The van der Waals surface area contributed by atoms with E-state index in [2.05, 4.69) is 4.74 Å². The molecule has 5 nitrogen and oxygen atoms in total. The fraction of sp³-hybridized carbons (Fsp3) is 0.333. The van der Waals surface area contributed by atoms with Crippen LogP contribution >= 0.6 is 0 Å². The number of halogens is 1. The lowest BCUT2D eigenvalue weighted by molar-refractivity contribution is -0.487. The molecule has 0 radical (unpaired) electrons. The van der Waals surface area contributed by atoms with Gasteiger partial charge in [-0.25, -0.2) is 4.79 Å². The maximum absolute atomic E-state index is 13.2. The molecular weight excluding hydrogens is 205 g/mol. The van der Waals surface area contributed by atoms with Crippen molar-refractivity contribution in [3.63, 3.8) is 0 Å². The van der Waals surface area contributed by atoms with Gasteiger partial charge in [0.2, 0.25) is 18.2 Å². The average Bonchev–Trinajstić information content (AvgIpc) is 2.14. The summed E-state index contributed by atoms with van der Waals surface area (Å²) in [5, 5.41) is 0. The molecule has 0 amide bonds. The minimum atomic E-state index is -1.01. The predicted molar refractivity (Wildman–Crippen MR) is 47.4 cm³/mol. The van der Waals surface area contributed by atoms with Crippen LogP contribution in [0.25, 0.3) is 0 Å². The highest BCUT2D eigenvalue weighted by Gasteiger charge is 2.35. The molecule has 0 N–H and O–H groups in total. The van der Waals surface area contributed by atoms with Crippen molar-refractivity contribution in [2.24, 2.45) is 0 Å². The van der Waals surface area contributed by atoms with Crippen LogP contribution in [-0.4, -0.2) is 30.2 Å². The summed E-state index contributed by atoms with van der Waals surface area (Å²) in [6.45, 7) is 0.700. The molecule has 1 rings (SSSR count). The van der Waals surface area contributed by atoms with Crippen molar-refractivity contribution < 1.29 is 23.5 Å². The highest BCUT2D eigenvalue weighted by molar-refractivity contribution is 5.94. The molecule has 0 bridgehead atoms. The van der Waals surface area contributed by atoms with Crippen molar-refractivity contribution in [2.75, 3.05) is 13.7 Å². The fourth-order valence-corrected chi connectivity index (χ4v) is 1.22. The standard InChI is InChI=1S/C9H9FNO4/c1-5(12)8-7(10)3-6(4-11(8)14)9(13)15-2/h3H,4H2,1-2H3/q+1. The zero-order chi connectivity index (χ0) is 11.6. The third kappa shape index (κ3) is 2.15. The molecule has 15 heavy (non-hydrogen) atoms. The molecule has 0 aliphatic carbocycles. The third-order valence-corrected chi connectivity index (χ3v) is 1.87. The largest absolute Gasteiger partial charge is 0.465 e. The van der Waals surface area contributed by atoms with Crippen LogP contribution in [0.4, 0.5) is 4.39 Å². The third-order valence-electron chi connectivity index (χ3n) is 1.87. The minimum Gasteiger partial charge on any atom is -0.465 e. The summed E-state index contributed by atoms with van der Waals surface area (Å²) in [6.07, 6.45) is 0.844. The van der Waals surface area contributed by atoms with Crippen molar-refractivity contribution >= 4 is 11.8 Å². The molecule has 0 aromatic heterocycles. The van der Waals surface area contributed by atoms with E-state index in [0.29, 0.717) is 0 Å². The number of carbonyl (C=O) groups excluding carboxylic acids is 2. The van der Waals surface area contributed by atoms with Gasteiger partial charge >= 0.3 is 11.7 Å². The second-order valence-corrected chi connectivity index (χ2v) is 2.95. The van der Waals surface area contributed by atoms with E-state index in [1.165, 1.54) is 0 Å². The van der Waals surface area contributed by atoms with Crippen LogP contribution in [-0.2, 0) is 14.3 Å². The smallest absolute Gasteiger partial charge is 0.340 e. The maximum atomic E-state index is 13.2. The van der Waals surface area contributed by atoms with Gasteiger partial charge < -0.3 is 4.74 Å². The van der Waals surface area contributed by atoms with Crippen molar-refractivity contribution in [1.82, 2.24) is 0 Å². The Kier molecular flexibility index (Phi) is 3.08. The van der Waals surface area contributed by atoms with E-state index < -0.39 is 23.3 Å². The van der Waals surface area contributed by atoms with Crippen molar-refractivity contribution in [1.29, 1.82) is 0 Å². The molecule has 6 heteroatoms. The number of Topliss-reactive ketones (excluding diaryl/α,β-unsaturated/α-hetero) is 1. The summed E-state index contributed by atoms with van der Waals surface area (Å²) >= 11 is 0. The fourth-order valence-electron chi connectivity index (χ4n) is 1.22. The molecule has 0 saturated heterocycles. The first-order valence-corrected chi connectivity index (χ1v) is 4.11. The van der Waals surface area contributed by atoms with Crippen molar-refractivity contribution in [3.8, 4) is 0 Å².